The summed E-state index contributed by atoms with van der Waals surface area (Å²) in [5, 5.41) is -0.142. The first-order valence-corrected chi connectivity index (χ1v) is 2.48. The molecule has 1 rings (SSSR count). The molecule has 9 heavy (non-hydrogen) atoms. The number of nitrogens with zero attached hydrogens (tertiary/aromatic N) is 1. The predicted molar refractivity (Wildman–Crippen MR) is 29.8 cm³/mol. The first-order chi connectivity index (χ1) is 4.18. The largest absolute Gasteiger partial charge is 0.348 e. The second-order valence-corrected chi connectivity index (χ2v) is 1.74. The van der Waals surface area contributed by atoms with Crippen LogP contribution in [0.15, 0.2) is 10.9 Å². The third-order valence-electron chi connectivity index (χ3n) is 0.681. The van der Waals surface area contributed by atoms with Crippen molar-refractivity contribution in [2.45, 2.75) is 0 Å². The standard InChI is InChI=1S/C4H2ClFN2O/c5-2-1-3(6)8-4(9)7-2/h1H,(H,7,8,9). The lowest BCUT2D eigenvalue weighted by Crippen LogP contribution is -2.10. The number of H-pyrrole nitrogens is 1. The molecule has 0 radical (unpaired) electrons. The molecule has 0 aromatic carbocycles. The van der Waals surface area contributed by atoms with Gasteiger partial charge in [-0.3, -0.25) is 4.98 Å². The average molecular weight is 149 g/mol. The van der Waals surface area contributed by atoms with E-state index in [2.05, 4.69) is 4.98 Å². The van der Waals surface area contributed by atoms with Gasteiger partial charge in [0, 0.05) is 6.07 Å². The summed E-state index contributed by atoms with van der Waals surface area (Å²) in [6.45, 7) is 0. The maximum Gasteiger partial charge on any atom is 0.348 e. The van der Waals surface area contributed by atoms with Crippen LogP contribution in [0, 0.1) is 5.95 Å². The van der Waals surface area contributed by atoms with E-state index in [0.29, 0.717) is 0 Å². The third kappa shape index (κ3) is 1.50. The smallest absolute Gasteiger partial charge is 0.282 e. The Morgan fingerprint density at radius 3 is 2.89 bits per heavy atom. The molecule has 0 aliphatic carbocycles. The van der Waals surface area contributed by atoms with E-state index in [-0.39, 0.29) is 5.15 Å². The molecule has 0 unspecified atom stereocenters. The quantitative estimate of drug-likeness (QED) is 0.547. The van der Waals surface area contributed by atoms with Crippen molar-refractivity contribution in [3.63, 3.8) is 0 Å². The van der Waals surface area contributed by atoms with Crippen molar-refractivity contribution in [3.05, 3.63) is 27.7 Å². The lowest BCUT2D eigenvalue weighted by molar-refractivity contribution is 0.573. The van der Waals surface area contributed by atoms with E-state index in [0.717, 1.165) is 6.07 Å². The van der Waals surface area contributed by atoms with Crippen LogP contribution >= 0.6 is 11.6 Å². The topological polar surface area (TPSA) is 45.8 Å². The van der Waals surface area contributed by atoms with Crippen LogP contribution < -0.4 is 5.69 Å². The van der Waals surface area contributed by atoms with Gasteiger partial charge in [0.2, 0.25) is 0 Å². The maximum absolute atomic E-state index is 12.0. The number of nitrogens with one attached hydrogen (secondary N) is 1. The number of aromatic amines is 1. The van der Waals surface area contributed by atoms with Crippen molar-refractivity contribution in [1.29, 1.82) is 0 Å². The Morgan fingerprint density at radius 1 is 1.78 bits per heavy atom. The molecular formula is C4H2ClFN2O. The molecule has 0 spiro atoms. The molecule has 3 nitrogen and oxygen atoms in total. The summed E-state index contributed by atoms with van der Waals surface area (Å²) in [5.41, 5.74) is -0.778. The van der Waals surface area contributed by atoms with Gasteiger partial charge in [-0.2, -0.15) is 9.37 Å². The first-order valence-electron chi connectivity index (χ1n) is 2.11. The van der Waals surface area contributed by atoms with Gasteiger partial charge in [-0.25, -0.2) is 4.79 Å². The molecule has 1 N–H and O–H groups in total. The van der Waals surface area contributed by atoms with E-state index in [1.54, 1.807) is 4.98 Å². The van der Waals surface area contributed by atoms with E-state index in [4.69, 9.17) is 11.6 Å². The summed E-state index contributed by atoms with van der Waals surface area (Å²) in [6.07, 6.45) is 0. The van der Waals surface area contributed by atoms with E-state index in [9.17, 15) is 9.18 Å². The highest BCUT2D eigenvalue weighted by molar-refractivity contribution is 6.29. The van der Waals surface area contributed by atoms with Gasteiger partial charge in [-0.05, 0) is 0 Å². The summed E-state index contributed by atoms with van der Waals surface area (Å²) in [4.78, 5) is 15.2. The number of halogens is 2. The molecule has 0 saturated carbocycles. The van der Waals surface area contributed by atoms with Crippen LogP contribution in [0.25, 0.3) is 0 Å². The number of rotatable bonds is 0. The molecule has 0 aliphatic heterocycles. The van der Waals surface area contributed by atoms with Crippen LogP contribution in [0.5, 0.6) is 0 Å². The Bertz CT molecular complexity index is 248. The van der Waals surface area contributed by atoms with E-state index < -0.39 is 11.6 Å². The SMILES string of the molecule is O=c1nc(Cl)cc(F)[nH]1. The molecular weight excluding hydrogens is 147 g/mol. The molecule has 1 aromatic rings. The minimum absolute atomic E-state index is 0.142. The van der Waals surface area contributed by atoms with Gasteiger partial charge >= 0.3 is 5.69 Å². The molecule has 0 atom stereocenters. The highest BCUT2D eigenvalue weighted by atomic mass is 35.5. The normalized spacial score (nSPS) is 9.56. The van der Waals surface area contributed by atoms with Gasteiger partial charge in [0.05, 0.1) is 0 Å². The van der Waals surface area contributed by atoms with E-state index in [1.807, 2.05) is 0 Å². The number of hydrogen-bond acceptors (Lipinski definition) is 2. The van der Waals surface area contributed by atoms with E-state index >= 15 is 0 Å². The maximum atomic E-state index is 12.0. The van der Waals surface area contributed by atoms with Crippen LogP contribution in [0.2, 0.25) is 5.15 Å². The van der Waals surface area contributed by atoms with Crippen molar-refractivity contribution in [3.8, 4) is 0 Å². The minimum Gasteiger partial charge on any atom is -0.282 e. The fraction of sp³-hybridized carbons (Fsp3) is 0. The molecule has 48 valence electrons. The fourth-order valence-corrected chi connectivity index (χ4v) is 0.573. The molecule has 0 amide bonds. The van der Waals surface area contributed by atoms with Gasteiger partial charge < -0.3 is 0 Å². The first kappa shape index (κ1) is 6.22. The van der Waals surface area contributed by atoms with E-state index in [1.165, 1.54) is 0 Å². The summed E-state index contributed by atoms with van der Waals surface area (Å²) in [7, 11) is 0. The predicted octanol–water partition coefficient (Wildman–Crippen LogP) is 0.562. The lowest BCUT2D eigenvalue weighted by Gasteiger charge is -1.85. The Labute approximate surface area is 54.5 Å². The number of aromatic nitrogens is 2. The second kappa shape index (κ2) is 2.14. The van der Waals surface area contributed by atoms with Crippen molar-refractivity contribution in [1.82, 2.24) is 9.97 Å². The molecule has 1 aromatic heterocycles. The van der Waals surface area contributed by atoms with Crippen molar-refractivity contribution in [2.24, 2.45) is 0 Å². The zero-order chi connectivity index (χ0) is 6.85. The summed E-state index contributed by atoms with van der Waals surface area (Å²) < 4.78 is 12.0. The zero-order valence-corrected chi connectivity index (χ0v) is 4.94. The highest BCUT2D eigenvalue weighted by Gasteiger charge is 1.93. The van der Waals surface area contributed by atoms with Crippen molar-refractivity contribution >= 4 is 11.6 Å². The van der Waals surface area contributed by atoms with Crippen LogP contribution in [-0.4, -0.2) is 9.97 Å². The summed E-state index contributed by atoms with van der Waals surface area (Å²) in [5.74, 6) is -0.778. The van der Waals surface area contributed by atoms with Crippen LogP contribution in [0.4, 0.5) is 4.39 Å². The molecule has 0 saturated heterocycles. The molecule has 0 bridgehead atoms. The highest BCUT2D eigenvalue weighted by Crippen LogP contribution is 1.98. The van der Waals surface area contributed by atoms with Crippen LogP contribution in [0.1, 0.15) is 0 Å². The van der Waals surface area contributed by atoms with Gasteiger partial charge in [0.15, 0.2) is 5.95 Å². The Hall–Kier alpha value is -0.900. The monoisotopic (exact) mass is 148 g/mol. The Balaban J connectivity index is 3.33. The molecule has 5 heteroatoms. The van der Waals surface area contributed by atoms with Gasteiger partial charge in [0.1, 0.15) is 5.15 Å². The number of hydrogen-bond donors (Lipinski definition) is 1. The molecule has 0 aliphatic rings. The van der Waals surface area contributed by atoms with Gasteiger partial charge in [-0.15, -0.1) is 0 Å². The minimum atomic E-state index is -0.778. The Kier molecular flexibility index (Phi) is 1.48. The summed E-state index contributed by atoms with van der Waals surface area (Å²) in [6, 6.07) is 0.920. The zero-order valence-electron chi connectivity index (χ0n) is 4.19. The van der Waals surface area contributed by atoms with Crippen molar-refractivity contribution in [2.75, 3.05) is 0 Å². The molecule has 1 heterocycles. The fourth-order valence-electron chi connectivity index (χ4n) is 0.400. The summed E-state index contributed by atoms with van der Waals surface area (Å²) >= 11 is 5.18. The Morgan fingerprint density at radius 2 is 2.44 bits per heavy atom. The van der Waals surface area contributed by atoms with Gasteiger partial charge in [0.25, 0.3) is 0 Å². The lowest BCUT2D eigenvalue weighted by atomic mass is 10.7. The second-order valence-electron chi connectivity index (χ2n) is 1.36. The van der Waals surface area contributed by atoms with Gasteiger partial charge in [-0.1, -0.05) is 11.6 Å². The van der Waals surface area contributed by atoms with Crippen molar-refractivity contribution < 1.29 is 4.39 Å². The molecule has 0 fully saturated rings. The third-order valence-corrected chi connectivity index (χ3v) is 0.874. The average Bonchev–Trinajstić information content (AvgIpc) is 1.59. The van der Waals surface area contributed by atoms with Crippen LogP contribution in [-0.2, 0) is 0 Å². The van der Waals surface area contributed by atoms with Crippen LogP contribution in [0.3, 0.4) is 0 Å².